The number of benzene rings is 3. The van der Waals surface area contributed by atoms with E-state index in [1.54, 1.807) is 0 Å². The quantitative estimate of drug-likeness (QED) is 0.352. The summed E-state index contributed by atoms with van der Waals surface area (Å²) in [5.74, 6) is 1.41. The van der Waals surface area contributed by atoms with Crippen LogP contribution in [0.3, 0.4) is 0 Å². The van der Waals surface area contributed by atoms with Gasteiger partial charge in [-0.05, 0) is 58.0 Å². The molecule has 6 heteroatoms. The molecule has 0 aliphatic carbocycles. The number of aromatic amines is 1. The number of fused-ring (bicyclic) bond motifs is 1. The number of allylic oxidation sites excluding steroid dienone is 1. The monoisotopic (exact) mass is 504 g/mol. The summed E-state index contributed by atoms with van der Waals surface area (Å²) < 4.78 is 11.3. The summed E-state index contributed by atoms with van der Waals surface area (Å²) in [6, 6.07) is 22.4. The van der Waals surface area contributed by atoms with Crippen LogP contribution < -0.4 is 5.32 Å². The van der Waals surface area contributed by atoms with Crippen LogP contribution >= 0.6 is 0 Å². The molecule has 7 rings (SSSR count). The van der Waals surface area contributed by atoms with Gasteiger partial charge in [0, 0.05) is 43.0 Å². The number of morpholine rings is 1. The Labute approximate surface area is 222 Å². The summed E-state index contributed by atoms with van der Waals surface area (Å²) in [5, 5.41) is 5.96. The van der Waals surface area contributed by atoms with E-state index < -0.39 is 0 Å². The van der Waals surface area contributed by atoms with Gasteiger partial charge in [0.05, 0.1) is 37.8 Å². The molecular formula is C32H32N4O2. The SMILES string of the molecule is C1=C(c2ccc(-c3ccc4cc(-c5cnc([C@H]6CCCOC6)[nH]5)ccc4c3)cc2)CC([C@@H]2COCCN2)=N1. The summed E-state index contributed by atoms with van der Waals surface area (Å²) in [6.07, 6.45) is 7.08. The van der Waals surface area contributed by atoms with Crippen molar-refractivity contribution < 1.29 is 9.47 Å². The molecule has 4 heterocycles. The van der Waals surface area contributed by atoms with Crippen molar-refractivity contribution in [3.63, 3.8) is 0 Å². The maximum Gasteiger partial charge on any atom is 0.111 e. The van der Waals surface area contributed by atoms with Crippen molar-refractivity contribution in [2.75, 3.05) is 33.0 Å². The van der Waals surface area contributed by atoms with Gasteiger partial charge in [-0.25, -0.2) is 4.98 Å². The Balaban J connectivity index is 1.06. The number of hydrogen-bond donors (Lipinski definition) is 2. The first-order chi connectivity index (χ1) is 18.8. The van der Waals surface area contributed by atoms with Crippen LogP contribution in [0.15, 0.2) is 78.1 Å². The van der Waals surface area contributed by atoms with Crippen LogP contribution in [0.4, 0.5) is 0 Å². The maximum atomic E-state index is 5.64. The third-order valence-corrected chi connectivity index (χ3v) is 7.96. The summed E-state index contributed by atoms with van der Waals surface area (Å²) in [5.41, 5.74) is 8.33. The molecular weight excluding hydrogens is 472 g/mol. The number of hydrogen-bond acceptors (Lipinski definition) is 5. The number of imidazole rings is 1. The number of H-pyrrole nitrogens is 1. The molecule has 0 saturated carbocycles. The van der Waals surface area contributed by atoms with E-state index in [9.17, 15) is 0 Å². The van der Waals surface area contributed by atoms with Gasteiger partial charge in [0.2, 0.25) is 0 Å². The minimum atomic E-state index is 0.233. The second-order valence-electron chi connectivity index (χ2n) is 10.5. The second kappa shape index (κ2) is 10.3. The molecule has 0 radical (unpaired) electrons. The van der Waals surface area contributed by atoms with Gasteiger partial charge >= 0.3 is 0 Å². The Hall–Kier alpha value is -3.58. The summed E-state index contributed by atoms with van der Waals surface area (Å²) >= 11 is 0. The number of nitrogens with one attached hydrogen (secondary N) is 2. The molecule has 2 saturated heterocycles. The highest BCUT2D eigenvalue weighted by Gasteiger charge is 2.23. The van der Waals surface area contributed by atoms with Crippen LogP contribution in [0, 0.1) is 0 Å². The molecule has 192 valence electrons. The zero-order valence-corrected chi connectivity index (χ0v) is 21.5. The van der Waals surface area contributed by atoms with E-state index in [1.165, 1.54) is 38.7 Å². The van der Waals surface area contributed by atoms with Crippen molar-refractivity contribution in [2.24, 2.45) is 4.99 Å². The van der Waals surface area contributed by atoms with E-state index in [4.69, 9.17) is 9.47 Å². The molecule has 0 unspecified atom stereocenters. The molecule has 4 aromatic rings. The molecule has 0 bridgehead atoms. The van der Waals surface area contributed by atoms with Gasteiger partial charge in [0.15, 0.2) is 0 Å². The molecule has 6 nitrogen and oxygen atoms in total. The van der Waals surface area contributed by atoms with Gasteiger partial charge < -0.3 is 19.8 Å². The summed E-state index contributed by atoms with van der Waals surface area (Å²) in [6.45, 7) is 4.00. The largest absolute Gasteiger partial charge is 0.381 e. The van der Waals surface area contributed by atoms with Gasteiger partial charge in [-0.1, -0.05) is 48.5 Å². The highest BCUT2D eigenvalue weighted by atomic mass is 16.5. The molecule has 3 aromatic carbocycles. The smallest absolute Gasteiger partial charge is 0.111 e. The Morgan fingerprint density at radius 2 is 1.55 bits per heavy atom. The highest BCUT2D eigenvalue weighted by molar-refractivity contribution is 6.01. The lowest BCUT2D eigenvalue weighted by Crippen LogP contribution is -2.46. The highest BCUT2D eigenvalue weighted by Crippen LogP contribution is 2.31. The molecule has 2 atom stereocenters. The van der Waals surface area contributed by atoms with E-state index >= 15 is 0 Å². The summed E-state index contributed by atoms with van der Waals surface area (Å²) in [4.78, 5) is 12.9. The van der Waals surface area contributed by atoms with Crippen molar-refractivity contribution in [1.82, 2.24) is 15.3 Å². The second-order valence-corrected chi connectivity index (χ2v) is 10.5. The van der Waals surface area contributed by atoms with Gasteiger partial charge in [-0.2, -0.15) is 0 Å². The number of nitrogens with zero attached hydrogens (tertiary/aromatic N) is 2. The predicted octanol–water partition coefficient (Wildman–Crippen LogP) is 5.96. The van der Waals surface area contributed by atoms with Crippen molar-refractivity contribution in [3.8, 4) is 22.4 Å². The van der Waals surface area contributed by atoms with Gasteiger partial charge in [0.1, 0.15) is 5.82 Å². The lowest BCUT2D eigenvalue weighted by Gasteiger charge is -2.24. The van der Waals surface area contributed by atoms with Gasteiger partial charge in [-0.15, -0.1) is 0 Å². The van der Waals surface area contributed by atoms with Crippen LogP contribution in [0.1, 0.15) is 36.6 Å². The summed E-state index contributed by atoms with van der Waals surface area (Å²) in [7, 11) is 0. The topological polar surface area (TPSA) is 71.5 Å². The first kappa shape index (κ1) is 23.5. The lowest BCUT2D eigenvalue weighted by molar-refractivity contribution is 0.0783. The molecule has 38 heavy (non-hydrogen) atoms. The third-order valence-electron chi connectivity index (χ3n) is 7.96. The van der Waals surface area contributed by atoms with Gasteiger partial charge in [0.25, 0.3) is 0 Å². The number of ether oxygens (including phenoxy) is 2. The molecule has 1 aromatic heterocycles. The van der Waals surface area contributed by atoms with Crippen LogP contribution in [0.5, 0.6) is 0 Å². The van der Waals surface area contributed by atoms with Gasteiger partial charge in [-0.3, -0.25) is 4.99 Å². The third kappa shape index (κ3) is 4.71. The van der Waals surface area contributed by atoms with Crippen molar-refractivity contribution >= 4 is 22.1 Å². The first-order valence-electron chi connectivity index (χ1n) is 13.6. The average molecular weight is 505 g/mol. The molecule has 3 aliphatic heterocycles. The van der Waals surface area contributed by atoms with Crippen LogP contribution in [-0.2, 0) is 9.47 Å². The number of aliphatic imine (C=N–C) groups is 1. The van der Waals surface area contributed by atoms with Crippen LogP contribution in [-0.4, -0.2) is 54.7 Å². The fourth-order valence-electron chi connectivity index (χ4n) is 5.73. The van der Waals surface area contributed by atoms with E-state index in [0.717, 1.165) is 62.7 Å². The zero-order valence-electron chi connectivity index (χ0n) is 21.5. The lowest BCUT2D eigenvalue weighted by atomic mass is 9.96. The Morgan fingerprint density at radius 1 is 0.789 bits per heavy atom. The molecule has 2 N–H and O–H groups in total. The normalized spacial score (nSPS) is 21.9. The predicted molar refractivity (Wildman–Crippen MR) is 152 cm³/mol. The van der Waals surface area contributed by atoms with Crippen molar-refractivity contribution in [2.45, 2.75) is 31.2 Å². The zero-order chi connectivity index (χ0) is 25.3. The van der Waals surface area contributed by atoms with Crippen molar-refractivity contribution in [3.05, 3.63) is 84.4 Å². The Kier molecular flexibility index (Phi) is 6.37. The van der Waals surface area contributed by atoms with E-state index in [-0.39, 0.29) is 6.04 Å². The first-order valence-corrected chi connectivity index (χ1v) is 13.6. The number of rotatable bonds is 5. The molecule has 0 spiro atoms. The van der Waals surface area contributed by atoms with Crippen LogP contribution in [0.2, 0.25) is 0 Å². The van der Waals surface area contributed by atoms with E-state index in [2.05, 4.69) is 80.9 Å². The standard InChI is InChI=1S/C32H32N4O2/c1-2-27(19-37-12-1)32-35-18-30(36-32)26-10-9-24-14-23(7-8-25(24)15-26)21-3-5-22(6-4-21)28-16-29(34-17-28)31-20-38-13-11-33-31/h3-10,14-15,17-18,27,31,33H,1-2,11-13,16,19-20H2,(H,35,36)/t27-,31-/m0/s1. The minimum Gasteiger partial charge on any atom is -0.381 e. The van der Waals surface area contributed by atoms with E-state index in [0.29, 0.717) is 12.5 Å². The molecule has 2 fully saturated rings. The molecule has 0 amide bonds. The molecule has 3 aliphatic rings. The van der Waals surface area contributed by atoms with Crippen molar-refractivity contribution in [1.29, 1.82) is 0 Å². The average Bonchev–Trinajstić information content (AvgIpc) is 3.69. The fourth-order valence-corrected chi connectivity index (χ4v) is 5.73. The Bertz CT molecular complexity index is 1510. The Morgan fingerprint density at radius 3 is 2.34 bits per heavy atom. The maximum absolute atomic E-state index is 5.64. The number of aromatic nitrogens is 2. The van der Waals surface area contributed by atoms with E-state index in [1.807, 2.05) is 12.4 Å². The fraction of sp³-hybridized carbons (Fsp3) is 0.312. The van der Waals surface area contributed by atoms with Crippen LogP contribution in [0.25, 0.3) is 38.7 Å². The minimum absolute atomic E-state index is 0.233.